The zero-order valence-corrected chi connectivity index (χ0v) is 41.3. The molecule has 8 atom stereocenters. The second-order valence-electron chi connectivity index (χ2n) is 18.3. The predicted octanol–water partition coefficient (Wildman–Crippen LogP) is 10.9. The van der Waals surface area contributed by atoms with Crippen molar-refractivity contribution in [1.29, 1.82) is 0 Å². The monoisotopic (exact) mass is 920 g/mol. The van der Waals surface area contributed by atoms with E-state index in [2.05, 4.69) is 62.5 Å². The number of unbranched alkanes of at least 4 members (excludes halogenated alkanes) is 24. The Morgan fingerprint density at radius 2 is 1.08 bits per heavy atom. The summed E-state index contributed by atoms with van der Waals surface area (Å²) in [6, 6.07) is -1.03. The summed E-state index contributed by atoms with van der Waals surface area (Å²) in [4.78, 5) is 26.3. The maximum atomic E-state index is 13.3. The summed E-state index contributed by atoms with van der Waals surface area (Å²) in [5, 5.41) is 56.5. The second kappa shape index (κ2) is 42.9. The Morgan fingerprint density at radius 1 is 0.600 bits per heavy atom. The Kier molecular flexibility index (Phi) is 40.1. The molecule has 8 unspecified atom stereocenters. The molecular weight excluding hydrogens is 823 g/mol. The van der Waals surface area contributed by atoms with Crippen LogP contribution in [0.15, 0.2) is 48.6 Å². The number of amides is 1. The van der Waals surface area contributed by atoms with Gasteiger partial charge in [0.15, 0.2) is 12.4 Å². The third-order valence-electron chi connectivity index (χ3n) is 12.2. The molecular formula is C54H97NO10. The van der Waals surface area contributed by atoms with Crippen molar-refractivity contribution in [1.82, 2.24) is 5.32 Å². The maximum Gasteiger partial charge on any atom is 0.306 e. The topological polar surface area (TPSA) is 175 Å². The zero-order valence-electron chi connectivity index (χ0n) is 41.3. The van der Waals surface area contributed by atoms with Crippen LogP contribution in [0.3, 0.4) is 0 Å². The van der Waals surface area contributed by atoms with Crippen LogP contribution in [0.1, 0.15) is 220 Å². The molecule has 1 heterocycles. The summed E-state index contributed by atoms with van der Waals surface area (Å²) in [6.45, 7) is 5.66. The van der Waals surface area contributed by atoms with Crippen LogP contribution in [-0.2, 0) is 23.8 Å². The van der Waals surface area contributed by atoms with Gasteiger partial charge in [0, 0.05) is 6.42 Å². The van der Waals surface area contributed by atoms with Crippen LogP contribution in [0.2, 0.25) is 0 Å². The molecule has 0 radical (unpaired) electrons. The van der Waals surface area contributed by atoms with Gasteiger partial charge in [-0.3, -0.25) is 9.59 Å². The van der Waals surface area contributed by atoms with Gasteiger partial charge in [-0.25, -0.2) is 0 Å². The van der Waals surface area contributed by atoms with E-state index in [0.717, 1.165) is 96.3 Å². The van der Waals surface area contributed by atoms with E-state index in [9.17, 15) is 35.1 Å². The number of hydrogen-bond donors (Lipinski definition) is 6. The second-order valence-corrected chi connectivity index (χ2v) is 18.3. The largest absolute Gasteiger partial charge is 0.454 e. The molecule has 0 bridgehead atoms. The lowest BCUT2D eigenvalue weighted by atomic mass is 9.99. The summed E-state index contributed by atoms with van der Waals surface area (Å²) in [6.07, 6.45) is 38.8. The molecule has 0 aromatic rings. The number of rotatable bonds is 43. The minimum atomic E-state index is -1.62. The third-order valence-corrected chi connectivity index (χ3v) is 12.2. The van der Waals surface area contributed by atoms with E-state index in [1.807, 2.05) is 6.08 Å². The first-order valence-electron chi connectivity index (χ1n) is 26.4. The summed E-state index contributed by atoms with van der Waals surface area (Å²) < 4.78 is 17.5. The first-order valence-corrected chi connectivity index (χ1v) is 26.4. The zero-order chi connectivity index (χ0) is 47.6. The maximum absolute atomic E-state index is 13.3. The van der Waals surface area contributed by atoms with Crippen molar-refractivity contribution in [2.45, 2.75) is 269 Å². The van der Waals surface area contributed by atoms with Crippen LogP contribution >= 0.6 is 0 Å². The fraction of sp³-hybridized carbons (Fsp3) is 0.815. The average molecular weight is 920 g/mol. The SMILES string of the molecule is CCCC/C=C\CCCCCCCC(=O)OC1C(OCC(NC(=O)C(O)CCCCCCC/C=C/C=C/CCCCC)C(O)/C=C/CCCCCCCCCCC)OC(CO)C(O)C1O. The Labute approximate surface area is 396 Å². The number of ether oxygens (including phenoxy) is 3. The Bertz CT molecular complexity index is 1240. The van der Waals surface area contributed by atoms with E-state index in [-0.39, 0.29) is 19.4 Å². The molecule has 0 aromatic carbocycles. The molecule has 378 valence electrons. The normalized spacial score (nSPS) is 20.6. The van der Waals surface area contributed by atoms with Crippen molar-refractivity contribution in [3.8, 4) is 0 Å². The van der Waals surface area contributed by atoms with Gasteiger partial charge < -0.3 is 45.1 Å². The van der Waals surface area contributed by atoms with Crippen LogP contribution in [0.5, 0.6) is 0 Å². The predicted molar refractivity (Wildman–Crippen MR) is 264 cm³/mol. The summed E-state index contributed by atoms with van der Waals surface area (Å²) in [5.74, 6) is -1.22. The van der Waals surface area contributed by atoms with Crippen LogP contribution in [0, 0.1) is 0 Å². The van der Waals surface area contributed by atoms with E-state index in [4.69, 9.17) is 14.2 Å². The number of aliphatic hydroxyl groups is 5. The van der Waals surface area contributed by atoms with Crippen molar-refractivity contribution in [2.24, 2.45) is 0 Å². The van der Waals surface area contributed by atoms with Gasteiger partial charge in [0.25, 0.3) is 0 Å². The highest BCUT2D eigenvalue weighted by Crippen LogP contribution is 2.26. The Balaban J connectivity index is 2.79. The fourth-order valence-electron chi connectivity index (χ4n) is 7.91. The summed E-state index contributed by atoms with van der Waals surface area (Å²) >= 11 is 0. The van der Waals surface area contributed by atoms with E-state index in [1.54, 1.807) is 6.08 Å². The highest BCUT2D eigenvalue weighted by Gasteiger charge is 2.47. The van der Waals surface area contributed by atoms with E-state index in [0.29, 0.717) is 12.8 Å². The Hall–Kier alpha value is -2.38. The highest BCUT2D eigenvalue weighted by atomic mass is 16.7. The Morgan fingerprint density at radius 3 is 1.66 bits per heavy atom. The standard InChI is InChI=1S/C54H97NO10/c1-4-7-10-13-16-19-22-23-24-27-29-32-35-38-41-47(58)53(62)55-45(46(57)40-37-34-31-28-25-20-17-14-11-8-5-2)44-63-54-52(51(61)50(60)48(43-56)64-54)65-49(59)42-39-36-33-30-26-21-18-15-12-9-6-3/h15-16,18-19,22-23,37,40,45-48,50-52,54,56-58,60-61H,4-14,17,20-21,24-36,38-39,41-44H2,1-3H3,(H,55,62)/b18-15-,19-16+,23-22+,40-37+. The lowest BCUT2D eigenvalue weighted by Gasteiger charge is -2.41. The van der Waals surface area contributed by atoms with Crippen molar-refractivity contribution < 1.29 is 49.3 Å². The summed E-state index contributed by atoms with van der Waals surface area (Å²) in [5.41, 5.74) is 0. The fourth-order valence-corrected chi connectivity index (χ4v) is 7.91. The van der Waals surface area contributed by atoms with E-state index in [1.165, 1.54) is 77.0 Å². The average Bonchev–Trinajstić information content (AvgIpc) is 3.30. The van der Waals surface area contributed by atoms with Crippen LogP contribution in [0.4, 0.5) is 0 Å². The minimum absolute atomic E-state index is 0.111. The number of esters is 1. The molecule has 1 aliphatic rings. The molecule has 6 N–H and O–H groups in total. The van der Waals surface area contributed by atoms with Gasteiger partial charge in [0.05, 0.1) is 25.4 Å². The van der Waals surface area contributed by atoms with Crippen LogP contribution in [0.25, 0.3) is 0 Å². The molecule has 1 fully saturated rings. The van der Waals surface area contributed by atoms with E-state index < -0.39 is 67.4 Å². The minimum Gasteiger partial charge on any atom is -0.454 e. The van der Waals surface area contributed by atoms with E-state index >= 15 is 0 Å². The molecule has 11 nitrogen and oxygen atoms in total. The van der Waals surface area contributed by atoms with Gasteiger partial charge in [0.2, 0.25) is 5.91 Å². The molecule has 11 heteroatoms. The lowest BCUT2D eigenvalue weighted by molar-refractivity contribution is -0.305. The molecule has 65 heavy (non-hydrogen) atoms. The van der Waals surface area contributed by atoms with Crippen molar-refractivity contribution in [3.05, 3.63) is 48.6 Å². The van der Waals surface area contributed by atoms with Crippen LogP contribution < -0.4 is 5.32 Å². The summed E-state index contributed by atoms with van der Waals surface area (Å²) in [7, 11) is 0. The number of nitrogens with one attached hydrogen (secondary N) is 1. The van der Waals surface area contributed by atoms with Gasteiger partial charge in [-0.2, -0.15) is 0 Å². The molecule has 1 amide bonds. The number of allylic oxidation sites excluding steroid dienone is 7. The van der Waals surface area contributed by atoms with Crippen molar-refractivity contribution in [3.63, 3.8) is 0 Å². The molecule has 1 saturated heterocycles. The van der Waals surface area contributed by atoms with Gasteiger partial charge >= 0.3 is 5.97 Å². The number of carbonyl (C=O) groups is 2. The smallest absolute Gasteiger partial charge is 0.306 e. The molecule has 0 saturated carbocycles. The molecule has 1 aliphatic heterocycles. The third kappa shape index (κ3) is 32.1. The highest BCUT2D eigenvalue weighted by molar-refractivity contribution is 5.80. The van der Waals surface area contributed by atoms with Gasteiger partial charge in [-0.15, -0.1) is 0 Å². The molecule has 0 aromatic heterocycles. The molecule has 1 rings (SSSR count). The molecule has 0 aliphatic carbocycles. The number of hydrogen-bond acceptors (Lipinski definition) is 10. The van der Waals surface area contributed by atoms with Crippen molar-refractivity contribution >= 4 is 11.9 Å². The van der Waals surface area contributed by atoms with Crippen LogP contribution in [-0.4, -0.2) is 99.6 Å². The van der Waals surface area contributed by atoms with Gasteiger partial charge in [-0.1, -0.05) is 191 Å². The first kappa shape index (κ1) is 60.6. The lowest BCUT2D eigenvalue weighted by Crippen LogP contribution is -2.61. The van der Waals surface area contributed by atoms with Gasteiger partial charge in [-0.05, 0) is 70.6 Å². The van der Waals surface area contributed by atoms with Gasteiger partial charge in [0.1, 0.15) is 24.4 Å². The first-order chi connectivity index (χ1) is 31.7. The van der Waals surface area contributed by atoms with Crippen molar-refractivity contribution in [2.75, 3.05) is 13.2 Å². The molecule has 0 spiro atoms. The quantitative estimate of drug-likeness (QED) is 0.0149. The number of aliphatic hydroxyl groups excluding tert-OH is 5. The number of carbonyl (C=O) groups excluding carboxylic acids is 2.